The molecule has 2 aliphatic rings. The summed E-state index contributed by atoms with van der Waals surface area (Å²) in [4.78, 5) is 6.18. The van der Waals surface area contributed by atoms with Gasteiger partial charge < -0.3 is 19.5 Å². The number of nitrogens with zero attached hydrogens (tertiary/aromatic N) is 5. The van der Waals surface area contributed by atoms with Crippen LogP contribution in [-0.4, -0.2) is 46.7 Å². The van der Waals surface area contributed by atoms with E-state index in [2.05, 4.69) is 31.3 Å². The van der Waals surface area contributed by atoms with Crippen molar-refractivity contribution in [2.45, 2.75) is 44.5 Å². The molecule has 4 rings (SSSR count). The Kier molecular flexibility index (Phi) is 4.24. The molecule has 8 nitrogen and oxygen atoms in total. The maximum Gasteiger partial charge on any atom is 0.265 e. The molecule has 2 atom stereocenters. The summed E-state index contributed by atoms with van der Waals surface area (Å²) >= 11 is 0. The quantitative estimate of drug-likeness (QED) is 0.820. The van der Waals surface area contributed by atoms with Crippen molar-refractivity contribution in [3.63, 3.8) is 0 Å². The minimum atomic E-state index is 0.0301. The highest BCUT2D eigenvalue weighted by Gasteiger charge is 2.33. The predicted octanol–water partition coefficient (Wildman–Crippen LogP) is 1.36. The summed E-state index contributed by atoms with van der Waals surface area (Å²) in [5.74, 6) is 1.98. The zero-order valence-corrected chi connectivity index (χ0v) is 14.2. The number of ether oxygens (including phenoxy) is 1. The first-order valence-corrected chi connectivity index (χ1v) is 8.57. The maximum absolute atomic E-state index is 5.99. The fourth-order valence-electron chi connectivity index (χ4n) is 3.09. The van der Waals surface area contributed by atoms with Crippen LogP contribution in [-0.2, 0) is 17.8 Å². The first kappa shape index (κ1) is 15.6. The van der Waals surface area contributed by atoms with Gasteiger partial charge in [0.25, 0.3) is 5.95 Å². The van der Waals surface area contributed by atoms with Gasteiger partial charge in [-0.1, -0.05) is 0 Å². The highest BCUT2D eigenvalue weighted by Crippen LogP contribution is 2.34. The molecule has 8 heteroatoms. The molecule has 2 fully saturated rings. The van der Waals surface area contributed by atoms with Crippen molar-refractivity contribution < 1.29 is 9.26 Å². The third-order valence-electron chi connectivity index (χ3n) is 4.63. The lowest BCUT2D eigenvalue weighted by Gasteiger charge is -2.20. The van der Waals surface area contributed by atoms with Crippen molar-refractivity contribution in [3.8, 4) is 0 Å². The van der Waals surface area contributed by atoms with E-state index in [0.29, 0.717) is 18.4 Å². The highest BCUT2D eigenvalue weighted by atomic mass is 16.5. The molecule has 0 unspecified atom stereocenters. The van der Waals surface area contributed by atoms with Gasteiger partial charge in [0.1, 0.15) is 6.10 Å². The maximum atomic E-state index is 5.99. The lowest BCUT2D eigenvalue weighted by molar-refractivity contribution is 0.0900. The van der Waals surface area contributed by atoms with E-state index in [1.165, 1.54) is 12.8 Å². The van der Waals surface area contributed by atoms with E-state index in [1.54, 1.807) is 0 Å². The first-order valence-electron chi connectivity index (χ1n) is 8.57. The summed E-state index contributed by atoms with van der Waals surface area (Å²) in [5.41, 5.74) is 1.16. The topological polar surface area (TPSA) is 81.2 Å². The molecule has 0 radical (unpaired) electrons. The van der Waals surface area contributed by atoms with Gasteiger partial charge in [-0.2, -0.15) is 10.1 Å². The van der Waals surface area contributed by atoms with Crippen molar-refractivity contribution in [2.24, 2.45) is 5.92 Å². The largest absolute Gasteiger partial charge is 0.370 e. The summed E-state index contributed by atoms with van der Waals surface area (Å²) in [5, 5.41) is 11.9. The number of aromatic nitrogens is 4. The number of rotatable bonds is 7. The summed E-state index contributed by atoms with van der Waals surface area (Å²) in [6, 6.07) is 2.30. The second-order valence-electron chi connectivity index (χ2n) is 6.83. The van der Waals surface area contributed by atoms with Crippen molar-refractivity contribution >= 4 is 5.95 Å². The van der Waals surface area contributed by atoms with E-state index < -0.39 is 0 Å². The normalized spacial score (nSPS) is 23.8. The van der Waals surface area contributed by atoms with Crippen molar-refractivity contribution in [3.05, 3.63) is 23.8 Å². The third kappa shape index (κ3) is 3.29. The van der Waals surface area contributed by atoms with E-state index in [9.17, 15) is 0 Å². The van der Waals surface area contributed by atoms with Gasteiger partial charge in [0, 0.05) is 39.5 Å². The van der Waals surface area contributed by atoms with Crippen LogP contribution in [0.4, 0.5) is 5.95 Å². The monoisotopic (exact) mass is 332 g/mol. The van der Waals surface area contributed by atoms with Crippen LogP contribution in [0.5, 0.6) is 0 Å². The predicted molar refractivity (Wildman–Crippen MR) is 87.5 cm³/mol. The van der Waals surface area contributed by atoms with E-state index in [0.717, 1.165) is 31.2 Å². The summed E-state index contributed by atoms with van der Waals surface area (Å²) < 4.78 is 13.4. The zero-order valence-electron chi connectivity index (χ0n) is 14.2. The minimum Gasteiger partial charge on any atom is -0.370 e. The van der Waals surface area contributed by atoms with Gasteiger partial charge in [-0.15, -0.1) is 0 Å². The van der Waals surface area contributed by atoms with E-state index in [4.69, 9.17) is 9.26 Å². The second kappa shape index (κ2) is 6.52. The molecule has 130 valence electrons. The van der Waals surface area contributed by atoms with Crippen molar-refractivity contribution in [2.75, 3.05) is 25.6 Å². The molecule has 0 amide bonds. The highest BCUT2D eigenvalue weighted by molar-refractivity contribution is 5.23. The van der Waals surface area contributed by atoms with Crippen LogP contribution in [0.1, 0.15) is 37.0 Å². The van der Waals surface area contributed by atoms with Crippen LogP contribution in [0.3, 0.4) is 0 Å². The van der Waals surface area contributed by atoms with Crippen molar-refractivity contribution in [1.29, 1.82) is 0 Å². The Hall–Kier alpha value is -1.93. The Morgan fingerprint density at radius 3 is 2.96 bits per heavy atom. The molecule has 0 aromatic carbocycles. The number of hydrogen-bond donors (Lipinski definition) is 1. The number of anilines is 1. The van der Waals surface area contributed by atoms with Crippen LogP contribution < -0.4 is 10.2 Å². The van der Waals surface area contributed by atoms with Gasteiger partial charge in [-0.3, -0.25) is 4.68 Å². The smallest absolute Gasteiger partial charge is 0.265 e. The third-order valence-corrected chi connectivity index (χ3v) is 4.63. The molecule has 1 aliphatic carbocycles. The SMILES string of the molecule is CN(C)c1noc(CN[C@H]2CCO[C@@H]2c2ccnn2CC2CC2)n1. The van der Waals surface area contributed by atoms with Gasteiger partial charge in [-0.05, 0) is 36.4 Å². The molecule has 2 aromatic rings. The molecule has 1 saturated heterocycles. The standard InChI is InChI=1S/C16H24N6O2/c1-21(2)16-19-14(24-20-16)9-17-12-6-8-23-15(12)13-5-7-18-22(13)10-11-3-4-11/h5,7,11-12,15,17H,3-4,6,8-10H2,1-2H3/t12-,15-/m0/s1. The van der Waals surface area contributed by atoms with Gasteiger partial charge in [0.2, 0.25) is 5.89 Å². The molecule has 3 heterocycles. The molecule has 0 bridgehead atoms. The first-order chi connectivity index (χ1) is 11.7. The minimum absolute atomic E-state index is 0.0301. The molecule has 24 heavy (non-hydrogen) atoms. The van der Waals surface area contributed by atoms with Crippen LogP contribution in [0.2, 0.25) is 0 Å². The van der Waals surface area contributed by atoms with Gasteiger partial charge in [0.05, 0.1) is 12.2 Å². The fraction of sp³-hybridized carbons (Fsp3) is 0.688. The van der Waals surface area contributed by atoms with Crippen LogP contribution >= 0.6 is 0 Å². The molecule has 1 saturated carbocycles. The zero-order chi connectivity index (χ0) is 16.5. The fourth-order valence-corrected chi connectivity index (χ4v) is 3.09. The molecular formula is C16H24N6O2. The Balaban J connectivity index is 1.40. The summed E-state index contributed by atoms with van der Waals surface area (Å²) in [6.45, 7) is 2.30. The van der Waals surface area contributed by atoms with E-state index in [-0.39, 0.29) is 12.1 Å². The lowest BCUT2D eigenvalue weighted by atomic mass is 10.1. The van der Waals surface area contributed by atoms with Crippen molar-refractivity contribution in [1.82, 2.24) is 25.2 Å². The molecule has 0 spiro atoms. The number of hydrogen-bond acceptors (Lipinski definition) is 7. The molecule has 2 aromatic heterocycles. The van der Waals surface area contributed by atoms with E-state index in [1.807, 2.05) is 25.2 Å². The molecular weight excluding hydrogens is 308 g/mol. The van der Waals surface area contributed by atoms with E-state index >= 15 is 0 Å². The average molecular weight is 332 g/mol. The number of nitrogens with one attached hydrogen (secondary N) is 1. The van der Waals surface area contributed by atoms with Crippen LogP contribution in [0.15, 0.2) is 16.8 Å². The molecule has 1 aliphatic heterocycles. The Labute approximate surface area is 141 Å². The Bertz CT molecular complexity index is 678. The average Bonchev–Trinajstić information content (AvgIpc) is 2.97. The van der Waals surface area contributed by atoms with Gasteiger partial charge in [-0.25, -0.2) is 0 Å². The van der Waals surface area contributed by atoms with Crippen LogP contribution in [0, 0.1) is 5.92 Å². The summed E-state index contributed by atoms with van der Waals surface area (Å²) in [6.07, 6.45) is 5.50. The Morgan fingerprint density at radius 1 is 1.33 bits per heavy atom. The lowest BCUT2D eigenvalue weighted by Crippen LogP contribution is -2.32. The van der Waals surface area contributed by atoms with Gasteiger partial charge in [0.15, 0.2) is 0 Å². The Morgan fingerprint density at radius 2 is 2.21 bits per heavy atom. The molecule has 1 N–H and O–H groups in total. The summed E-state index contributed by atoms with van der Waals surface area (Å²) in [7, 11) is 3.79. The van der Waals surface area contributed by atoms with Crippen LogP contribution in [0.25, 0.3) is 0 Å². The second-order valence-corrected chi connectivity index (χ2v) is 6.83. The van der Waals surface area contributed by atoms with Gasteiger partial charge >= 0.3 is 0 Å².